The van der Waals surface area contributed by atoms with E-state index in [-0.39, 0.29) is 17.3 Å². The van der Waals surface area contributed by atoms with E-state index in [1.54, 1.807) is 30.3 Å². The Labute approximate surface area is 247 Å². The number of benzene rings is 2. The average molecular weight is 569 g/mol. The summed E-state index contributed by atoms with van der Waals surface area (Å²) in [5.41, 5.74) is 2.02. The molecule has 6 nitrogen and oxygen atoms in total. The zero-order chi connectivity index (χ0) is 30.5. The fraction of sp³-hybridized carbons (Fsp3) is 0.543. The number of ketones is 2. The van der Waals surface area contributed by atoms with Crippen molar-refractivity contribution in [2.45, 2.75) is 104 Å². The molecule has 0 heterocycles. The molecule has 6 heteroatoms. The van der Waals surface area contributed by atoms with Crippen LogP contribution in [0, 0.1) is 5.92 Å². The number of rotatable bonds is 19. The van der Waals surface area contributed by atoms with E-state index >= 15 is 0 Å². The van der Waals surface area contributed by atoms with Crippen molar-refractivity contribution in [3.8, 4) is 23.0 Å². The molecule has 228 valence electrons. The fourth-order valence-corrected chi connectivity index (χ4v) is 4.45. The second-order valence-corrected chi connectivity index (χ2v) is 10.7. The second kappa shape index (κ2) is 21.5. The molecule has 1 atom stereocenters. The lowest BCUT2D eigenvalue weighted by Gasteiger charge is -2.10. The number of ether oxygens (including phenoxy) is 2. The van der Waals surface area contributed by atoms with Crippen molar-refractivity contribution >= 4 is 11.6 Å². The molecule has 0 aliphatic heterocycles. The number of aromatic hydroxyl groups is 2. The first-order valence-electron chi connectivity index (χ1n) is 15.2. The Hall–Kier alpha value is -3.28. The van der Waals surface area contributed by atoms with Gasteiger partial charge in [0.25, 0.3) is 0 Å². The molecule has 2 N–H and O–H groups in total. The third-order valence-corrected chi connectivity index (χ3v) is 7.00. The molecule has 0 saturated heterocycles. The highest BCUT2D eigenvalue weighted by atomic mass is 16.5. The van der Waals surface area contributed by atoms with Gasteiger partial charge in [-0.25, -0.2) is 0 Å². The van der Waals surface area contributed by atoms with Crippen LogP contribution in [0.5, 0.6) is 23.0 Å². The minimum absolute atomic E-state index is 0.124. The molecule has 0 aliphatic rings. The maximum absolute atomic E-state index is 12.0. The van der Waals surface area contributed by atoms with Gasteiger partial charge in [0.2, 0.25) is 0 Å². The van der Waals surface area contributed by atoms with Crippen molar-refractivity contribution < 1.29 is 29.3 Å². The van der Waals surface area contributed by atoms with Gasteiger partial charge in [-0.1, -0.05) is 77.5 Å². The van der Waals surface area contributed by atoms with Crippen LogP contribution < -0.4 is 9.47 Å². The van der Waals surface area contributed by atoms with E-state index < -0.39 is 0 Å². The van der Waals surface area contributed by atoms with E-state index in [2.05, 4.69) is 20.8 Å². The van der Waals surface area contributed by atoms with Crippen LogP contribution in [-0.2, 0) is 22.4 Å². The van der Waals surface area contributed by atoms with Crippen molar-refractivity contribution in [2.24, 2.45) is 5.92 Å². The summed E-state index contributed by atoms with van der Waals surface area (Å²) < 4.78 is 10.1. The normalized spacial score (nSPS) is 11.5. The van der Waals surface area contributed by atoms with Crippen molar-refractivity contribution in [3.05, 3.63) is 59.7 Å². The first-order chi connectivity index (χ1) is 19.7. The molecule has 0 radical (unpaired) electrons. The Balaban J connectivity index is 0.000000410. The van der Waals surface area contributed by atoms with Crippen LogP contribution in [0.3, 0.4) is 0 Å². The predicted molar refractivity (Wildman–Crippen MR) is 167 cm³/mol. The molecule has 0 aliphatic carbocycles. The lowest BCUT2D eigenvalue weighted by Crippen LogP contribution is -2.07. The van der Waals surface area contributed by atoms with E-state index in [0.717, 1.165) is 30.4 Å². The van der Waals surface area contributed by atoms with Crippen LogP contribution >= 0.6 is 0 Å². The van der Waals surface area contributed by atoms with Crippen molar-refractivity contribution in [1.29, 1.82) is 0 Å². The number of methoxy groups -OCH3 is 2. The minimum atomic E-state index is 0.124. The monoisotopic (exact) mass is 568 g/mol. The number of phenolic OH excluding ortho intramolecular Hbond substituents is 2. The van der Waals surface area contributed by atoms with Gasteiger partial charge in [-0.05, 0) is 73.1 Å². The zero-order valence-corrected chi connectivity index (χ0v) is 25.9. The Bertz CT molecular complexity index is 1060. The summed E-state index contributed by atoms with van der Waals surface area (Å²) in [7, 11) is 3.05. The highest BCUT2D eigenvalue weighted by Gasteiger charge is 2.10. The summed E-state index contributed by atoms with van der Waals surface area (Å²) >= 11 is 0. The fourth-order valence-electron chi connectivity index (χ4n) is 4.45. The zero-order valence-electron chi connectivity index (χ0n) is 25.9. The Morgan fingerprint density at radius 2 is 1.34 bits per heavy atom. The number of allylic oxidation sites excluding steroid dienone is 2. The van der Waals surface area contributed by atoms with Gasteiger partial charge in [-0.15, -0.1) is 0 Å². The largest absolute Gasteiger partial charge is 0.504 e. The summed E-state index contributed by atoms with van der Waals surface area (Å²) in [5, 5.41) is 19.0. The number of aryl methyl sites for hydroxylation is 2. The Kier molecular flexibility index (Phi) is 18.7. The van der Waals surface area contributed by atoms with Gasteiger partial charge < -0.3 is 19.7 Å². The predicted octanol–water partition coefficient (Wildman–Crippen LogP) is 8.55. The maximum Gasteiger partial charge on any atom is 0.160 e. The summed E-state index contributed by atoms with van der Waals surface area (Å²) in [6.45, 7) is 6.53. The lowest BCUT2D eigenvalue weighted by molar-refractivity contribution is -0.120. The molecule has 0 saturated carbocycles. The molecule has 0 spiro atoms. The number of hydrogen-bond acceptors (Lipinski definition) is 6. The van der Waals surface area contributed by atoms with Crippen molar-refractivity contribution in [2.75, 3.05) is 14.2 Å². The van der Waals surface area contributed by atoms with Crippen LogP contribution in [-0.4, -0.2) is 36.0 Å². The highest BCUT2D eigenvalue weighted by Crippen LogP contribution is 2.28. The van der Waals surface area contributed by atoms with E-state index in [1.807, 2.05) is 18.2 Å². The summed E-state index contributed by atoms with van der Waals surface area (Å²) in [4.78, 5) is 23.7. The molecule has 0 aromatic heterocycles. The van der Waals surface area contributed by atoms with E-state index in [9.17, 15) is 19.8 Å². The van der Waals surface area contributed by atoms with Gasteiger partial charge in [-0.3, -0.25) is 9.59 Å². The summed E-state index contributed by atoms with van der Waals surface area (Å²) in [6, 6.07) is 10.4. The van der Waals surface area contributed by atoms with E-state index in [0.29, 0.717) is 55.3 Å². The first-order valence-corrected chi connectivity index (χ1v) is 15.2. The number of carbonyl (C=O) groups is 2. The molecule has 41 heavy (non-hydrogen) atoms. The smallest absolute Gasteiger partial charge is 0.160 e. The van der Waals surface area contributed by atoms with Crippen molar-refractivity contribution in [3.63, 3.8) is 0 Å². The van der Waals surface area contributed by atoms with Crippen LogP contribution in [0.25, 0.3) is 0 Å². The number of hydrogen-bond donors (Lipinski definition) is 2. The highest BCUT2D eigenvalue weighted by molar-refractivity contribution is 5.89. The molecular formula is C35H52O6. The van der Waals surface area contributed by atoms with Crippen molar-refractivity contribution in [1.82, 2.24) is 0 Å². The number of Topliss-reactive ketones (excluding diaryl/α,β-unsaturated/α-hetero) is 1. The van der Waals surface area contributed by atoms with Gasteiger partial charge in [0, 0.05) is 19.3 Å². The number of phenols is 2. The first kappa shape index (κ1) is 35.7. The number of carbonyl (C=O) groups excluding carboxylic acids is 2. The molecule has 0 bridgehead atoms. The SMILES string of the molecule is CCCCCC(C)CC(=O)CCc1ccc(O)c(OC)c1.CCCCCC=CC(=O)CCc1ccc(O)c(OC)c1. The maximum atomic E-state index is 12.0. The minimum Gasteiger partial charge on any atom is -0.504 e. The topological polar surface area (TPSA) is 93.1 Å². The third-order valence-electron chi connectivity index (χ3n) is 7.00. The molecular weight excluding hydrogens is 516 g/mol. The van der Waals surface area contributed by atoms with Crippen LogP contribution in [0.2, 0.25) is 0 Å². The average Bonchev–Trinajstić information content (AvgIpc) is 2.96. The van der Waals surface area contributed by atoms with Crippen LogP contribution in [0.15, 0.2) is 48.6 Å². The molecule has 0 amide bonds. The molecule has 1 unspecified atom stereocenters. The quantitative estimate of drug-likeness (QED) is 0.130. The van der Waals surface area contributed by atoms with E-state index in [1.165, 1.54) is 46.3 Å². The van der Waals surface area contributed by atoms with Crippen LogP contribution in [0.1, 0.15) is 103 Å². The van der Waals surface area contributed by atoms with Gasteiger partial charge in [0.05, 0.1) is 14.2 Å². The van der Waals surface area contributed by atoms with Gasteiger partial charge in [0.15, 0.2) is 28.8 Å². The van der Waals surface area contributed by atoms with Gasteiger partial charge >= 0.3 is 0 Å². The molecule has 2 aromatic carbocycles. The molecule has 0 fully saturated rings. The molecule has 2 aromatic rings. The van der Waals surface area contributed by atoms with Crippen LogP contribution in [0.4, 0.5) is 0 Å². The Morgan fingerprint density at radius 3 is 1.88 bits per heavy atom. The standard InChI is InChI=1S/C18H28O3.C17H24O3/c1-4-5-6-7-14(2)12-16(19)10-8-15-9-11-17(20)18(13-15)21-3;1-3-4-5-6-7-8-15(18)11-9-14-10-12-16(19)17(13-14)20-2/h9,11,13-14,20H,4-8,10,12H2,1-3H3;7-8,10,12-13,19H,3-6,9,11H2,1-2H3. The summed E-state index contributed by atoms with van der Waals surface area (Å²) in [5.74, 6) is 2.13. The number of unbranched alkanes of at least 4 members (excludes halogenated alkanes) is 5. The lowest BCUT2D eigenvalue weighted by atomic mass is 9.95. The van der Waals surface area contributed by atoms with E-state index in [4.69, 9.17) is 9.47 Å². The summed E-state index contributed by atoms with van der Waals surface area (Å²) in [6.07, 6.45) is 16.1. The second-order valence-electron chi connectivity index (χ2n) is 10.7. The molecule has 2 rings (SSSR count). The van der Waals surface area contributed by atoms with Gasteiger partial charge in [-0.2, -0.15) is 0 Å². The Morgan fingerprint density at radius 1 is 0.805 bits per heavy atom. The van der Waals surface area contributed by atoms with Gasteiger partial charge in [0.1, 0.15) is 5.78 Å². The third kappa shape index (κ3) is 15.9.